The topological polar surface area (TPSA) is 107 Å². The normalized spacial score (nSPS) is 15.1. The van der Waals surface area contributed by atoms with E-state index in [2.05, 4.69) is 5.32 Å². The molecule has 0 aliphatic heterocycles. The van der Waals surface area contributed by atoms with Crippen LogP contribution in [0, 0.1) is 0 Å². The lowest BCUT2D eigenvalue weighted by Gasteiger charge is -2.12. The van der Waals surface area contributed by atoms with Crippen molar-refractivity contribution in [3.63, 3.8) is 0 Å². The molecule has 7 nitrogen and oxygen atoms in total. The maximum Gasteiger partial charge on any atom is 0.248 e. The number of nitrogens with one attached hydrogen (secondary N) is 1. The molecule has 14 heavy (non-hydrogen) atoms. The van der Waals surface area contributed by atoms with Crippen LogP contribution in [-0.2, 0) is 27.3 Å². The van der Waals surface area contributed by atoms with Gasteiger partial charge in [-0.2, -0.15) is 0 Å². The fourth-order valence-corrected chi connectivity index (χ4v) is 1.55. The Hall–Kier alpha value is -0.350. The minimum absolute atomic E-state index is 0.0469. The van der Waals surface area contributed by atoms with Crippen LogP contribution in [0.4, 0.5) is 0 Å². The van der Waals surface area contributed by atoms with E-state index < -0.39 is 22.5 Å². The summed E-state index contributed by atoms with van der Waals surface area (Å²) in [4.78, 5) is 10.7. The van der Waals surface area contributed by atoms with Gasteiger partial charge in [0.15, 0.2) is 0 Å². The number of hydrogen-bond acceptors (Lipinski definition) is 3. The zero-order chi connectivity index (χ0) is 11.1. The first kappa shape index (κ1) is 13.7. The van der Waals surface area contributed by atoms with E-state index in [1.165, 1.54) is 0 Å². The summed E-state index contributed by atoms with van der Waals surface area (Å²) in [6, 6.07) is 0. The molecule has 0 bridgehead atoms. The van der Waals surface area contributed by atoms with Gasteiger partial charge in [0, 0.05) is 19.5 Å². The zero-order valence-electron chi connectivity index (χ0n) is 7.50. The second-order valence-electron chi connectivity index (χ2n) is 2.22. The second-order valence-corrected chi connectivity index (χ2v) is 4.26. The van der Waals surface area contributed by atoms with Gasteiger partial charge in [-0.1, -0.05) is 10.6 Å². The van der Waals surface area contributed by atoms with Gasteiger partial charge in [0.2, 0.25) is 28.4 Å². The minimum Gasteiger partial charge on any atom is -0.355 e. The molecule has 84 valence electrons. The van der Waals surface area contributed by atoms with Crippen molar-refractivity contribution in [3.05, 3.63) is 0 Å². The molecule has 0 aromatic rings. The monoisotopic (exact) mass is 244 g/mol. The standard InChI is InChI=1S/C5H12N2O5S2/c1-2-5(8)6-3-4-7(13(9)10)14(11)12/h2-4H2,1H3,(H,6,8)(H,9,10)(H,11,12). The third-order valence-corrected chi connectivity index (χ3v) is 3.11. The number of rotatable bonds is 6. The molecule has 2 atom stereocenters. The molecule has 3 N–H and O–H groups in total. The van der Waals surface area contributed by atoms with E-state index in [1.807, 2.05) is 0 Å². The Labute approximate surface area is 86.7 Å². The summed E-state index contributed by atoms with van der Waals surface area (Å²) in [5.41, 5.74) is 0. The molecule has 0 spiro atoms. The predicted molar refractivity (Wildman–Crippen MR) is 51.5 cm³/mol. The molecule has 1 amide bonds. The molecule has 0 aromatic heterocycles. The van der Waals surface area contributed by atoms with Crippen LogP contribution >= 0.6 is 0 Å². The Balaban J connectivity index is 3.90. The highest BCUT2D eigenvalue weighted by Crippen LogP contribution is 1.94. The summed E-state index contributed by atoms with van der Waals surface area (Å²) in [6.45, 7) is 1.53. The van der Waals surface area contributed by atoms with Crippen molar-refractivity contribution in [1.82, 2.24) is 9.03 Å². The summed E-state index contributed by atoms with van der Waals surface area (Å²) < 4.78 is 38.4. The van der Waals surface area contributed by atoms with Gasteiger partial charge in [-0.25, -0.2) is 8.42 Å². The highest BCUT2D eigenvalue weighted by molar-refractivity contribution is 7.92. The number of nitrogens with zero attached hydrogens (tertiary/aromatic N) is 1. The van der Waals surface area contributed by atoms with Crippen molar-refractivity contribution in [2.24, 2.45) is 0 Å². The van der Waals surface area contributed by atoms with Crippen LogP contribution < -0.4 is 5.32 Å². The summed E-state index contributed by atoms with van der Waals surface area (Å²) in [6.07, 6.45) is 0.296. The average Bonchev–Trinajstić information content (AvgIpc) is 2.10. The minimum atomic E-state index is -2.52. The molecular formula is C5H12N2O5S2. The van der Waals surface area contributed by atoms with E-state index in [0.717, 1.165) is 0 Å². The molecule has 0 saturated heterocycles. The van der Waals surface area contributed by atoms with Crippen LogP contribution in [0.25, 0.3) is 0 Å². The zero-order valence-corrected chi connectivity index (χ0v) is 9.14. The molecule has 0 aliphatic rings. The molecule has 0 radical (unpaired) electrons. The SMILES string of the molecule is CCC(=O)NCCN(S(=O)O)S(=O)O. The molecular weight excluding hydrogens is 232 g/mol. The van der Waals surface area contributed by atoms with Crippen LogP contribution in [-0.4, -0.2) is 40.2 Å². The largest absolute Gasteiger partial charge is 0.355 e. The maximum atomic E-state index is 10.7. The van der Waals surface area contributed by atoms with Gasteiger partial charge < -0.3 is 5.32 Å². The van der Waals surface area contributed by atoms with E-state index in [1.54, 1.807) is 6.92 Å². The lowest BCUT2D eigenvalue weighted by Crippen LogP contribution is -2.36. The van der Waals surface area contributed by atoms with Gasteiger partial charge >= 0.3 is 0 Å². The van der Waals surface area contributed by atoms with Gasteiger partial charge in [0.1, 0.15) is 0 Å². The van der Waals surface area contributed by atoms with E-state index in [9.17, 15) is 13.2 Å². The summed E-state index contributed by atoms with van der Waals surface area (Å²) in [5.74, 6) is -0.225. The van der Waals surface area contributed by atoms with Crippen LogP contribution in [0.2, 0.25) is 0 Å². The van der Waals surface area contributed by atoms with Gasteiger partial charge in [0.05, 0.1) is 0 Å². The van der Waals surface area contributed by atoms with Gasteiger partial charge in [-0.15, -0.1) is 0 Å². The molecule has 0 aromatic carbocycles. The Morgan fingerprint density at radius 2 is 1.86 bits per heavy atom. The van der Waals surface area contributed by atoms with Crippen LogP contribution in [0.3, 0.4) is 0 Å². The highest BCUT2D eigenvalue weighted by Gasteiger charge is 2.16. The van der Waals surface area contributed by atoms with Crippen molar-refractivity contribution >= 4 is 28.4 Å². The Kier molecular flexibility index (Phi) is 6.83. The van der Waals surface area contributed by atoms with E-state index >= 15 is 0 Å². The summed E-state index contributed by atoms with van der Waals surface area (Å²) >= 11 is -5.04. The summed E-state index contributed by atoms with van der Waals surface area (Å²) in [5, 5.41) is 2.40. The lowest BCUT2D eigenvalue weighted by atomic mass is 10.4. The van der Waals surface area contributed by atoms with Crippen LogP contribution in [0.5, 0.6) is 0 Å². The molecule has 2 unspecified atom stereocenters. The first-order valence-electron chi connectivity index (χ1n) is 3.75. The molecule has 0 saturated carbocycles. The van der Waals surface area contributed by atoms with Crippen molar-refractivity contribution < 1.29 is 22.3 Å². The molecule has 0 aliphatic carbocycles. The van der Waals surface area contributed by atoms with Crippen LogP contribution in [0.1, 0.15) is 13.3 Å². The Morgan fingerprint density at radius 1 is 1.36 bits per heavy atom. The van der Waals surface area contributed by atoms with E-state index in [0.29, 0.717) is 10.1 Å². The fourth-order valence-electron chi connectivity index (χ4n) is 0.622. The van der Waals surface area contributed by atoms with Crippen molar-refractivity contribution in [2.75, 3.05) is 13.1 Å². The van der Waals surface area contributed by atoms with Crippen molar-refractivity contribution in [2.45, 2.75) is 13.3 Å². The Morgan fingerprint density at radius 3 is 2.21 bits per heavy atom. The average molecular weight is 244 g/mol. The number of hydrogen-bond donors (Lipinski definition) is 3. The molecule has 0 rings (SSSR count). The lowest BCUT2D eigenvalue weighted by molar-refractivity contribution is -0.120. The quantitative estimate of drug-likeness (QED) is 0.524. The number of carbonyl (C=O) groups excluding carboxylic acids is 1. The maximum absolute atomic E-state index is 10.7. The van der Waals surface area contributed by atoms with Gasteiger partial charge in [-0.3, -0.25) is 13.9 Å². The first-order valence-corrected chi connectivity index (χ1v) is 5.88. The van der Waals surface area contributed by atoms with E-state index in [4.69, 9.17) is 9.11 Å². The molecule has 9 heteroatoms. The van der Waals surface area contributed by atoms with Crippen molar-refractivity contribution in [3.8, 4) is 0 Å². The fraction of sp³-hybridized carbons (Fsp3) is 0.800. The molecule has 0 heterocycles. The third-order valence-electron chi connectivity index (χ3n) is 1.29. The second kappa shape index (κ2) is 7.01. The molecule has 0 fully saturated rings. The van der Waals surface area contributed by atoms with Crippen molar-refractivity contribution in [1.29, 1.82) is 0 Å². The van der Waals surface area contributed by atoms with Gasteiger partial charge in [0.25, 0.3) is 0 Å². The third kappa shape index (κ3) is 5.40. The predicted octanol–water partition coefficient (Wildman–Crippen LogP) is -0.912. The van der Waals surface area contributed by atoms with E-state index in [-0.39, 0.29) is 19.0 Å². The number of amides is 1. The highest BCUT2D eigenvalue weighted by atomic mass is 32.3. The number of carbonyl (C=O) groups is 1. The first-order chi connectivity index (χ1) is 6.49. The van der Waals surface area contributed by atoms with Gasteiger partial charge in [-0.05, 0) is 0 Å². The smallest absolute Gasteiger partial charge is 0.248 e. The summed E-state index contributed by atoms with van der Waals surface area (Å²) in [7, 11) is 0. The Bertz CT molecular complexity index is 232. The van der Waals surface area contributed by atoms with Crippen LogP contribution in [0.15, 0.2) is 0 Å².